The zero-order valence-electron chi connectivity index (χ0n) is 17.3. The molecule has 0 saturated heterocycles. The van der Waals surface area contributed by atoms with Gasteiger partial charge in [-0.15, -0.1) is 0 Å². The number of Topliss-reactive ketones (excluding diaryl/α,β-unsaturated/α-hetero) is 1. The van der Waals surface area contributed by atoms with Crippen LogP contribution < -0.4 is 10.5 Å². The fourth-order valence-electron chi connectivity index (χ4n) is 4.34. The minimum absolute atomic E-state index is 0.0811. The first-order chi connectivity index (χ1) is 15.3. The predicted molar refractivity (Wildman–Crippen MR) is 113 cm³/mol. The Morgan fingerprint density at radius 2 is 1.84 bits per heavy atom. The number of benzene rings is 1. The Kier molecular flexibility index (Phi) is 5.40. The first kappa shape index (κ1) is 21.1. The number of hydrogen-bond donors (Lipinski definition) is 2. The highest BCUT2D eigenvalue weighted by molar-refractivity contribution is 6.44. The highest BCUT2D eigenvalue weighted by Gasteiger charge is 2.38. The van der Waals surface area contributed by atoms with Crippen LogP contribution in [-0.2, 0) is 20.8 Å². The van der Waals surface area contributed by atoms with Gasteiger partial charge in [0.25, 0.3) is 11.7 Å². The number of primary amides is 1. The monoisotopic (exact) mass is 435 g/mol. The summed E-state index contributed by atoms with van der Waals surface area (Å²) in [4.78, 5) is 50.1. The molecule has 1 aromatic carbocycles. The summed E-state index contributed by atoms with van der Waals surface area (Å²) in [5, 5.41) is 9.05. The molecule has 3 N–H and O–H groups in total. The number of carbonyl (C=O) groups excluding carboxylic acids is 3. The lowest BCUT2D eigenvalue weighted by molar-refractivity contribution is -0.139. The molecule has 1 atom stereocenters. The number of ether oxygens (including phenoxy) is 1. The first-order valence-corrected chi connectivity index (χ1v) is 9.98. The van der Waals surface area contributed by atoms with E-state index in [1.807, 2.05) is 30.3 Å². The number of aromatic nitrogens is 1. The van der Waals surface area contributed by atoms with Gasteiger partial charge in [-0.05, 0) is 29.7 Å². The smallest absolute Gasteiger partial charge is 0.341 e. The molecular formula is C23H21N3O6. The second kappa shape index (κ2) is 8.18. The fraction of sp³-hybridized carbons (Fsp3) is 0.217. The molecule has 0 saturated carbocycles. The van der Waals surface area contributed by atoms with Gasteiger partial charge in [0.1, 0.15) is 5.75 Å². The molecule has 9 heteroatoms. The number of nitrogens with two attached hydrogens (primary N) is 1. The van der Waals surface area contributed by atoms with Crippen LogP contribution in [0, 0.1) is 0 Å². The van der Waals surface area contributed by atoms with E-state index in [0.29, 0.717) is 24.2 Å². The predicted octanol–water partition coefficient (Wildman–Crippen LogP) is 1.56. The van der Waals surface area contributed by atoms with Crippen molar-refractivity contribution in [3.05, 3.63) is 71.0 Å². The van der Waals surface area contributed by atoms with E-state index in [2.05, 4.69) is 0 Å². The molecule has 1 aliphatic rings. The first-order valence-electron chi connectivity index (χ1n) is 9.98. The molecule has 0 bridgehead atoms. The van der Waals surface area contributed by atoms with Crippen LogP contribution in [0.15, 0.2) is 48.7 Å². The Bertz CT molecular complexity index is 1250. The van der Waals surface area contributed by atoms with Crippen molar-refractivity contribution in [1.82, 2.24) is 9.30 Å². The zero-order valence-corrected chi connectivity index (χ0v) is 17.3. The van der Waals surface area contributed by atoms with Crippen LogP contribution in [-0.4, -0.2) is 51.1 Å². The number of carbonyl (C=O) groups is 4. The summed E-state index contributed by atoms with van der Waals surface area (Å²) in [6.07, 6.45) is 2.02. The zero-order chi connectivity index (χ0) is 23.0. The Labute approximate surface area is 183 Å². The number of carboxylic acid groups (broad SMARTS) is 1. The molecule has 0 radical (unpaired) electrons. The molecule has 1 aliphatic heterocycles. The maximum atomic E-state index is 12.9. The number of carboxylic acids is 1. The molecule has 164 valence electrons. The van der Waals surface area contributed by atoms with Gasteiger partial charge in [-0.1, -0.05) is 30.3 Å². The molecule has 3 heterocycles. The lowest BCUT2D eigenvalue weighted by atomic mass is 9.90. The summed E-state index contributed by atoms with van der Waals surface area (Å²) in [6.45, 7) is 1.19. The minimum atomic E-state index is -1.18. The highest BCUT2D eigenvalue weighted by atomic mass is 16.5. The SMILES string of the molecule is CC(=O)N1CCc2c(C(=O)C(N)=O)c3c(OCC(=O)O)cccn3c2C1c1ccccc1. The molecule has 2 aromatic heterocycles. The van der Waals surface area contributed by atoms with Gasteiger partial charge >= 0.3 is 5.97 Å². The normalized spacial score (nSPS) is 15.3. The maximum absolute atomic E-state index is 12.9. The number of rotatable bonds is 6. The van der Waals surface area contributed by atoms with Crippen LogP contribution in [0.1, 0.15) is 40.1 Å². The van der Waals surface area contributed by atoms with E-state index in [0.717, 1.165) is 5.56 Å². The molecule has 4 rings (SSSR count). The molecule has 32 heavy (non-hydrogen) atoms. The van der Waals surface area contributed by atoms with Gasteiger partial charge in [0.2, 0.25) is 5.91 Å². The maximum Gasteiger partial charge on any atom is 0.341 e. The van der Waals surface area contributed by atoms with Gasteiger partial charge < -0.3 is 24.9 Å². The number of fused-ring (bicyclic) bond motifs is 3. The Hall–Kier alpha value is -4.14. The average Bonchev–Trinajstić information content (AvgIpc) is 3.11. The van der Waals surface area contributed by atoms with E-state index in [1.165, 1.54) is 13.0 Å². The molecule has 2 amide bonds. The topological polar surface area (TPSA) is 131 Å². The number of aliphatic carboxylic acids is 1. The standard InChI is InChI=1S/C23H21N3O6/c1-13(27)25-11-9-15-18(22(30)23(24)31)21-16(32-12-17(28)29)8-5-10-26(21)20(15)19(25)14-6-3-2-4-7-14/h2-8,10,19H,9,11-12H2,1H3,(H2,24,31)(H,28,29). The Morgan fingerprint density at radius 3 is 2.47 bits per heavy atom. The third-order valence-corrected chi connectivity index (χ3v) is 5.56. The largest absolute Gasteiger partial charge is 0.480 e. The summed E-state index contributed by atoms with van der Waals surface area (Å²) in [7, 11) is 0. The number of hydrogen-bond acceptors (Lipinski definition) is 5. The van der Waals surface area contributed by atoms with Crippen molar-refractivity contribution in [2.45, 2.75) is 19.4 Å². The quantitative estimate of drug-likeness (QED) is 0.446. The van der Waals surface area contributed by atoms with Gasteiger partial charge in [-0.2, -0.15) is 0 Å². The molecule has 0 fully saturated rings. The van der Waals surface area contributed by atoms with E-state index in [4.69, 9.17) is 15.6 Å². The van der Waals surface area contributed by atoms with E-state index >= 15 is 0 Å². The van der Waals surface area contributed by atoms with Crippen LogP contribution in [0.25, 0.3) is 5.52 Å². The van der Waals surface area contributed by atoms with E-state index < -0.39 is 30.3 Å². The van der Waals surface area contributed by atoms with Gasteiger partial charge in [0, 0.05) is 19.7 Å². The molecule has 3 aromatic rings. The fourth-order valence-corrected chi connectivity index (χ4v) is 4.34. The Morgan fingerprint density at radius 1 is 1.12 bits per heavy atom. The van der Waals surface area contributed by atoms with Gasteiger partial charge in [-0.25, -0.2) is 4.79 Å². The van der Waals surface area contributed by atoms with E-state index in [-0.39, 0.29) is 22.7 Å². The summed E-state index contributed by atoms with van der Waals surface area (Å²) >= 11 is 0. The lowest BCUT2D eigenvalue weighted by Gasteiger charge is -2.36. The number of pyridine rings is 1. The molecule has 1 unspecified atom stereocenters. The van der Waals surface area contributed by atoms with Crippen molar-refractivity contribution in [2.24, 2.45) is 5.73 Å². The van der Waals surface area contributed by atoms with Crippen LogP contribution in [0.2, 0.25) is 0 Å². The second-order valence-electron chi connectivity index (χ2n) is 7.48. The van der Waals surface area contributed by atoms with Gasteiger partial charge in [-0.3, -0.25) is 14.4 Å². The second-order valence-corrected chi connectivity index (χ2v) is 7.48. The van der Waals surface area contributed by atoms with Gasteiger partial charge in [0.15, 0.2) is 6.61 Å². The van der Waals surface area contributed by atoms with Crippen molar-refractivity contribution in [3.8, 4) is 5.75 Å². The van der Waals surface area contributed by atoms with Crippen molar-refractivity contribution in [2.75, 3.05) is 13.2 Å². The number of nitrogens with zero attached hydrogens (tertiary/aromatic N) is 2. The minimum Gasteiger partial charge on any atom is -0.480 e. The van der Waals surface area contributed by atoms with Crippen molar-refractivity contribution in [1.29, 1.82) is 0 Å². The van der Waals surface area contributed by atoms with Crippen LogP contribution in [0.3, 0.4) is 0 Å². The Balaban J connectivity index is 2.06. The number of amides is 2. The molecule has 9 nitrogen and oxygen atoms in total. The summed E-state index contributed by atoms with van der Waals surface area (Å²) in [5.74, 6) is -3.21. The lowest BCUT2D eigenvalue weighted by Crippen LogP contribution is -2.40. The van der Waals surface area contributed by atoms with Crippen LogP contribution in [0.5, 0.6) is 5.75 Å². The van der Waals surface area contributed by atoms with E-state index in [9.17, 15) is 19.2 Å². The van der Waals surface area contributed by atoms with Crippen LogP contribution in [0.4, 0.5) is 0 Å². The third kappa shape index (κ3) is 3.47. The molecular weight excluding hydrogens is 414 g/mol. The van der Waals surface area contributed by atoms with Crippen LogP contribution >= 0.6 is 0 Å². The molecule has 0 aliphatic carbocycles. The molecule has 0 spiro atoms. The van der Waals surface area contributed by atoms with Crippen molar-refractivity contribution < 1.29 is 29.0 Å². The highest BCUT2D eigenvalue weighted by Crippen LogP contribution is 2.42. The van der Waals surface area contributed by atoms with E-state index in [1.54, 1.807) is 21.6 Å². The van der Waals surface area contributed by atoms with Gasteiger partial charge in [0.05, 0.1) is 22.8 Å². The number of ketones is 1. The summed E-state index contributed by atoms with van der Waals surface area (Å²) in [6, 6.07) is 12.0. The summed E-state index contributed by atoms with van der Waals surface area (Å²) < 4.78 is 7.13. The third-order valence-electron chi connectivity index (χ3n) is 5.56. The average molecular weight is 435 g/mol. The van der Waals surface area contributed by atoms with Crippen molar-refractivity contribution in [3.63, 3.8) is 0 Å². The van der Waals surface area contributed by atoms with Crippen molar-refractivity contribution >= 4 is 29.1 Å². The summed E-state index contributed by atoms with van der Waals surface area (Å²) in [5.41, 5.74) is 7.74.